The number of rotatable bonds is 4. The van der Waals surface area contributed by atoms with E-state index in [-0.39, 0.29) is 17.7 Å². The van der Waals surface area contributed by atoms with E-state index in [2.05, 4.69) is 46.1 Å². The number of nitrogens with zero attached hydrogens (tertiary/aromatic N) is 2. The summed E-state index contributed by atoms with van der Waals surface area (Å²) in [5.74, 6) is 0.736. The lowest BCUT2D eigenvalue weighted by atomic mass is 10.0. The molecule has 1 aliphatic heterocycles. The second-order valence-corrected chi connectivity index (χ2v) is 6.85. The van der Waals surface area contributed by atoms with Gasteiger partial charge in [-0.25, -0.2) is 4.98 Å². The molecule has 0 amide bonds. The molecule has 2 atom stereocenters. The number of hydrogen-bond acceptors (Lipinski definition) is 4. The predicted octanol–water partition coefficient (Wildman–Crippen LogP) is 2.93. The molecular formula is C21H23N3O2. The van der Waals surface area contributed by atoms with Crippen molar-refractivity contribution >= 4 is 10.9 Å². The third-order valence-corrected chi connectivity index (χ3v) is 4.95. The third-order valence-electron chi connectivity index (χ3n) is 4.95. The summed E-state index contributed by atoms with van der Waals surface area (Å²) in [6.45, 7) is 4.49. The van der Waals surface area contributed by atoms with Crippen molar-refractivity contribution < 1.29 is 4.74 Å². The first-order valence-corrected chi connectivity index (χ1v) is 9.09. The van der Waals surface area contributed by atoms with Crippen molar-refractivity contribution in [3.63, 3.8) is 0 Å². The Morgan fingerprint density at radius 3 is 2.77 bits per heavy atom. The number of aromatic nitrogens is 2. The lowest BCUT2D eigenvalue weighted by molar-refractivity contribution is -0.0559. The molecule has 2 aromatic carbocycles. The molecule has 1 aromatic heterocycles. The summed E-state index contributed by atoms with van der Waals surface area (Å²) in [7, 11) is 0. The summed E-state index contributed by atoms with van der Waals surface area (Å²) in [6, 6.07) is 18.1. The van der Waals surface area contributed by atoms with Crippen LogP contribution in [0, 0.1) is 0 Å². The molecule has 0 spiro atoms. The van der Waals surface area contributed by atoms with Gasteiger partial charge < -0.3 is 9.72 Å². The van der Waals surface area contributed by atoms with Crippen molar-refractivity contribution in [2.45, 2.75) is 25.5 Å². The zero-order chi connectivity index (χ0) is 17.9. The molecule has 4 rings (SSSR count). The van der Waals surface area contributed by atoms with Crippen molar-refractivity contribution in [3.8, 4) is 0 Å². The van der Waals surface area contributed by atoms with Crippen LogP contribution < -0.4 is 5.56 Å². The summed E-state index contributed by atoms with van der Waals surface area (Å²) in [4.78, 5) is 22.2. The van der Waals surface area contributed by atoms with Crippen LogP contribution in [0.15, 0.2) is 59.4 Å². The normalized spacial score (nSPS) is 21.1. The zero-order valence-electron chi connectivity index (χ0n) is 14.9. The van der Waals surface area contributed by atoms with Gasteiger partial charge in [0, 0.05) is 19.5 Å². The Balaban J connectivity index is 1.54. The number of fused-ring (bicyclic) bond motifs is 1. The van der Waals surface area contributed by atoms with E-state index in [0.717, 1.165) is 24.4 Å². The Hall–Kier alpha value is -2.50. The Kier molecular flexibility index (Phi) is 4.82. The van der Waals surface area contributed by atoms with Gasteiger partial charge >= 0.3 is 0 Å². The Bertz CT molecular complexity index is 939. The number of para-hydroxylation sites is 1. The molecule has 134 valence electrons. The van der Waals surface area contributed by atoms with Gasteiger partial charge in [0.05, 0.1) is 29.7 Å². The average Bonchev–Trinajstić information content (AvgIpc) is 2.67. The highest BCUT2D eigenvalue weighted by Crippen LogP contribution is 2.26. The van der Waals surface area contributed by atoms with Crippen molar-refractivity contribution in [1.29, 1.82) is 0 Å². The maximum Gasteiger partial charge on any atom is 0.258 e. The smallest absolute Gasteiger partial charge is 0.258 e. The van der Waals surface area contributed by atoms with Gasteiger partial charge in [0.2, 0.25) is 0 Å². The molecule has 5 nitrogen and oxygen atoms in total. The predicted molar refractivity (Wildman–Crippen MR) is 102 cm³/mol. The molecule has 1 N–H and O–H groups in total. The molecule has 5 heteroatoms. The molecule has 0 unspecified atom stereocenters. The van der Waals surface area contributed by atoms with E-state index in [1.807, 2.05) is 24.3 Å². The van der Waals surface area contributed by atoms with Gasteiger partial charge in [-0.3, -0.25) is 9.69 Å². The first-order valence-electron chi connectivity index (χ1n) is 9.09. The molecule has 0 aliphatic carbocycles. The largest absolute Gasteiger partial charge is 0.375 e. The summed E-state index contributed by atoms with van der Waals surface area (Å²) < 4.78 is 5.89. The van der Waals surface area contributed by atoms with E-state index in [1.165, 1.54) is 5.56 Å². The van der Waals surface area contributed by atoms with Crippen LogP contribution in [0.4, 0.5) is 0 Å². The van der Waals surface area contributed by atoms with Gasteiger partial charge in [0.25, 0.3) is 5.56 Å². The topological polar surface area (TPSA) is 58.2 Å². The van der Waals surface area contributed by atoms with Crippen LogP contribution in [0.1, 0.15) is 24.4 Å². The maximum atomic E-state index is 12.3. The highest BCUT2D eigenvalue weighted by Gasteiger charge is 2.27. The second-order valence-electron chi connectivity index (χ2n) is 6.85. The van der Waals surface area contributed by atoms with E-state index in [1.54, 1.807) is 6.07 Å². The van der Waals surface area contributed by atoms with Crippen LogP contribution in [0.25, 0.3) is 10.9 Å². The number of ether oxygens (including phenoxy) is 1. The van der Waals surface area contributed by atoms with Gasteiger partial charge in [-0.2, -0.15) is 0 Å². The average molecular weight is 349 g/mol. The summed E-state index contributed by atoms with van der Waals surface area (Å²) in [5.41, 5.74) is 1.95. The standard InChI is InChI=1S/C21H23N3O2/c1-15-13-24(19(14-26-15)16-7-3-2-4-8-16)12-11-20-22-18-10-6-5-9-17(18)21(25)23-20/h2-10,15,19H,11-14H2,1H3,(H,22,23,25)/t15-,19-/m0/s1. The van der Waals surface area contributed by atoms with Crippen molar-refractivity contribution in [2.75, 3.05) is 19.7 Å². The van der Waals surface area contributed by atoms with E-state index >= 15 is 0 Å². The third kappa shape index (κ3) is 3.54. The number of benzene rings is 2. The van der Waals surface area contributed by atoms with Crippen LogP contribution in [0.2, 0.25) is 0 Å². The minimum atomic E-state index is -0.0689. The Morgan fingerprint density at radius 2 is 1.92 bits per heavy atom. The number of nitrogens with one attached hydrogen (secondary N) is 1. The van der Waals surface area contributed by atoms with Gasteiger partial charge in [-0.05, 0) is 24.6 Å². The fourth-order valence-corrected chi connectivity index (χ4v) is 3.60. The first kappa shape index (κ1) is 16.9. The van der Waals surface area contributed by atoms with E-state index in [9.17, 15) is 4.79 Å². The van der Waals surface area contributed by atoms with Gasteiger partial charge in [-0.1, -0.05) is 42.5 Å². The molecule has 26 heavy (non-hydrogen) atoms. The fraction of sp³-hybridized carbons (Fsp3) is 0.333. The van der Waals surface area contributed by atoms with Crippen LogP contribution in [-0.2, 0) is 11.2 Å². The van der Waals surface area contributed by atoms with Crippen molar-refractivity contribution in [1.82, 2.24) is 14.9 Å². The number of hydrogen-bond donors (Lipinski definition) is 1. The minimum absolute atomic E-state index is 0.0689. The summed E-state index contributed by atoms with van der Waals surface area (Å²) >= 11 is 0. The number of aromatic amines is 1. The van der Waals surface area contributed by atoms with E-state index in [4.69, 9.17) is 4.74 Å². The molecule has 0 bridgehead atoms. The lowest BCUT2D eigenvalue weighted by Gasteiger charge is -2.38. The molecule has 0 saturated carbocycles. The Labute approximate surface area is 152 Å². The van der Waals surface area contributed by atoms with Crippen LogP contribution in [0.3, 0.4) is 0 Å². The summed E-state index contributed by atoms with van der Waals surface area (Å²) in [6.07, 6.45) is 0.912. The zero-order valence-corrected chi connectivity index (χ0v) is 14.9. The molecule has 2 heterocycles. The molecule has 1 aliphatic rings. The summed E-state index contributed by atoms with van der Waals surface area (Å²) in [5, 5.41) is 0.637. The van der Waals surface area contributed by atoms with Gasteiger partial charge in [0.15, 0.2) is 0 Å². The maximum absolute atomic E-state index is 12.3. The van der Waals surface area contributed by atoms with Gasteiger partial charge in [-0.15, -0.1) is 0 Å². The van der Waals surface area contributed by atoms with Crippen molar-refractivity contribution in [2.24, 2.45) is 0 Å². The van der Waals surface area contributed by atoms with Gasteiger partial charge in [0.1, 0.15) is 5.82 Å². The molecule has 1 fully saturated rings. The fourth-order valence-electron chi connectivity index (χ4n) is 3.60. The molecular weight excluding hydrogens is 326 g/mol. The molecule has 1 saturated heterocycles. The minimum Gasteiger partial charge on any atom is -0.375 e. The number of H-pyrrole nitrogens is 1. The van der Waals surface area contributed by atoms with Crippen LogP contribution in [-0.4, -0.2) is 40.7 Å². The second kappa shape index (κ2) is 7.40. The number of morpholine rings is 1. The highest BCUT2D eigenvalue weighted by molar-refractivity contribution is 5.77. The van der Waals surface area contributed by atoms with E-state index < -0.39 is 0 Å². The first-order chi connectivity index (χ1) is 12.7. The monoisotopic (exact) mass is 349 g/mol. The Morgan fingerprint density at radius 1 is 1.15 bits per heavy atom. The SMILES string of the molecule is C[C@H]1CN(CCc2nc3ccccc3c(=O)[nH]2)[C@H](c2ccccc2)CO1. The molecule has 3 aromatic rings. The highest BCUT2D eigenvalue weighted by atomic mass is 16.5. The van der Waals surface area contributed by atoms with Crippen LogP contribution in [0.5, 0.6) is 0 Å². The van der Waals surface area contributed by atoms with Crippen LogP contribution >= 0.6 is 0 Å². The van der Waals surface area contributed by atoms with Crippen molar-refractivity contribution in [3.05, 3.63) is 76.3 Å². The lowest BCUT2D eigenvalue weighted by Crippen LogP contribution is -2.44. The quantitative estimate of drug-likeness (QED) is 0.787. The molecule has 0 radical (unpaired) electrons. The van der Waals surface area contributed by atoms with E-state index in [0.29, 0.717) is 18.4 Å².